The van der Waals surface area contributed by atoms with E-state index in [2.05, 4.69) is 16.0 Å². The van der Waals surface area contributed by atoms with Crippen LogP contribution in [0.4, 0.5) is 0 Å². The van der Waals surface area contributed by atoms with Crippen LogP contribution in [0.2, 0.25) is 0 Å². The first kappa shape index (κ1) is 29.9. The summed E-state index contributed by atoms with van der Waals surface area (Å²) < 4.78 is 4.93. The first-order chi connectivity index (χ1) is 17.1. The minimum atomic E-state index is -0.578. The number of phenols is 1. The molecule has 192 valence electrons. The highest BCUT2D eigenvalue weighted by Gasteiger charge is 2.21. The molecule has 9 nitrogen and oxygen atoms in total. The van der Waals surface area contributed by atoms with Crippen molar-refractivity contribution in [2.75, 3.05) is 26.7 Å². The number of nitrogens with zero attached hydrogens (tertiary/aromatic N) is 1. The molecule has 0 aliphatic carbocycles. The van der Waals surface area contributed by atoms with Crippen LogP contribution in [0.25, 0.3) is 6.08 Å². The number of rotatable bonds is 9. The Kier molecular flexibility index (Phi) is 13.0. The van der Waals surface area contributed by atoms with Crippen molar-refractivity contribution in [1.29, 1.82) is 5.26 Å². The van der Waals surface area contributed by atoms with E-state index in [1.807, 2.05) is 36.4 Å². The van der Waals surface area contributed by atoms with Gasteiger partial charge < -0.3 is 25.8 Å². The van der Waals surface area contributed by atoms with E-state index in [1.54, 1.807) is 40.0 Å². The van der Waals surface area contributed by atoms with E-state index in [0.29, 0.717) is 12.2 Å². The van der Waals surface area contributed by atoms with Crippen molar-refractivity contribution in [2.24, 2.45) is 5.41 Å². The van der Waals surface area contributed by atoms with Crippen LogP contribution in [0.5, 0.6) is 5.75 Å². The Morgan fingerprint density at radius 1 is 0.972 bits per heavy atom. The van der Waals surface area contributed by atoms with Crippen molar-refractivity contribution < 1.29 is 24.2 Å². The molecule has 0 fully saturated rings. The lowest BCUT2D eigenvalue weighted by atomic mass is 9.96. The minimum Gasteiger partial charge on any atom is -0.508 e. The average molecular weight is 495 g/mol. The third-order valence-electron chi connectivity index (χ3n) is 4.55. The Morgan fingerprint density at radius 2 is 1.58 bits per heavy atom. The van der Waals surface area contributed by atoms with Crippen molar-refractivity contribution in [1.82, 2.24) is 16.0 Å². The van der Waals surface area contributed by atoms with Crippen molar-refractivity contribution >= 4 is 23.8 Å². The van der Waals surface area contributed by atoms with Crippen molar-refractivity contribution in [3.8, 4) is 11.8 Å². The number of hydrogen-bond acceptors (Lipinski definition) is 6. The molecule has 36 heavy (non-hydrogen) atoms. The number of methoxy groups -OCH3 is 1. The van der Waals surface area contributed by atoms with E-state index in [9.17, 15) is 19.5 Å². The molecule has 0 spiro atoms. The molecule has 0 atom stereocenters. The highest BCUT2D eigenvalue weighted by molar-refractivity contribution is 6.01. The molecule has 0 unspecified atom stereocenters. The maximum Gasteiger partial charge on any atom is 0.262 e. The fourth-order valence-corrected chi connectivity index (χ4v) is 2.59. The smallest absolute Gasteiger partial charge is 0.262 e. The van der Waals surface area contributed by atoms with Crippen LogP contribution in [0, 0.1) is 16.7 Å². The molecule has 0 radical (unpaired) electrons. The molecule has 2 aromatic rings. The lowest BCUT2D eigenvalue weighted by Crippen LogP contribution is -2.43. The van der Waals surface area contributed by atoms with Crippen LogP contribution < -0.4 is 16.0 Å². The van der Waals surface area contributed by atoms with Crippen LogP contribution in [0.3, 0.4) is 0 Å². The Balaban J connectivity index is 0.000000600. The second kappa shape index (κ2) is 15.7. The molecule has 2 rings (SSSR count). The van der Waals surface area contributed by atoms with E-state index in [4.69, 9.17) is 10.00 Å². The maximum absolute atomic E-state index is 12.0. The van der Waals surface area contributed by atoms with Crippen LogP contribution in [-0.4, -0.2) is 49.6 Å². The molecule has 0 saturated heterocycles. The Bertz CT molecular complexity index is 1050. The standard InChI is InChI=1S/C19H24N4O4.C8H10O/c1-19(2,3)18(27)23-12-16(25)21-8-9-22-17(26)14(11-20)10-13-4-6-15(24)7-5-13;1-9-7-8-5-3-2-4-6-8/h4-7,10,24H,8-9,12H2,1-3H3,(H,21,25)(H,22,26)(H,23,27);2-6H,7H2,1H3/b14-10+;. The highest BCUT2D eigenvalue weighted by atomic mass is 16.5. The average Bonchev–Trinajstić information content (AvgIpc) is 2.85. The van der Waals surface area contributed by atoms with Crippen molar-refractivity contribution in [2.45, 2.75) is 27.4 Å². The first-order valence-electron chi connectivity index (χ1n) is 11.3. The SMILES string of the molecule is CC(C)(C)C(=O)NCC(=O)NCCNC(=O)/C(C#N)=C/c1ccc(O)cc1.COCc1ccccc1. The Hall–Kier alpha value is -4.16. The number of ether oxygens (including phenoxy) is 1. The molecule has 0 bridgehead atoms. The zero-order valence-electron chi connectivity index (χ0n) is 21.1. The molecular formula is C27H34N4O5. The van der Waals surface area contributed by atoms with E-state index in [-0.39, 0.29) is 42.8 Å². The molecule has 0 heterocycles. The largest absolute Gasteiger partial charge is 0.508 e. The van der Waals surface area contributed by atoms with Gasteiger partial charge in [-0.05, 0) is 29.3 Å². The van der Waals surface area contributed by atoms with Gasteiger partial charge in [-0.1, -0.05) is 63.2 Å². The number of nitrogens with one attached hydrogen (secondary N) is 3. The fraction of sp³-hybridized carbons (Fsp3) is 0.333. The van der Waals surface area contributed by atoms with Gasteiger partial charge in [0, 0.05) is 25.6 Å². The first-order valence-corrected chi connectivity index (χ1v) is 11.3. The molecule has 3 amide bonds. The van der Waals surface area contributed by atoms with Crippen molar-refractivity contribution in [3.05, 3.63) is 71.3 Å². The number of phenolic OH excluding ortho intramolecular Hbond substituents is 1. The Morgan fingerprint density at radius 3 is 2.14 bits per heavy atom. The molecule has 0 aromatic heterocycles. The quantitative estimate of drug-likeness (QED) is 0.240. The zero-order valence-corrected chi connectivity index (χ0v) is 21.1. The van der Waals surface area contributed by atoms with Gasteiger partial charge in [-0.3, -0.25) is 14.4 Å². The van der Waals surface area contributed by atoms with E-state index >= 15 is 0 Å². The summed E-state index contributed by atoms with van der Waals surface area (Å²) in [6, 6.07) is 18.0. The summed E-state index contributed by atoms with van der Waals surface area (Å²) in [5.74, 6) is -1.09. The third kappa shape index (κ3) is 12.3. The number of benzene rings is 2. The molecular weight excluding hydrogens is 460 g/mol. The summed E-state index contributed by atoms with van der Waals surface area (Å²) in [5, 5.41) is 25.9. The summed E-state index contributed by atoms with van der Waals surface area (Å²) in [6.45, 7) is 6.09. The van der Waals surface area contributed by atoms with Gasteiger partial charge in [-0.15, -0.1) is 0 Å². The van der Waals surface area contributed by atoms with Gasteiger partial charge in [0.2, 0.25) is 11.8 Å². The van der Waals surface area contributed by atoms with E-state index in [0.717, 1.165) is 0 Å². The molecule has 0 aliphatic rings. The van der Waals surface area contributed by atoms with Gasteiger partial charge in [0.15, 0.2) is 0 Å². The molecule has 0 saturated carbocycles. The number of nitriles is 1. The highest BCUT2D eigenvalue weighted by Crippen LogP contribution is 2.13. The van der Waals surface area contributed by atoms with Crippen LogP contribution in [0.1, 0.15) is 31.9 Å². The lowest BCUT2D eigenvalue weighted by molar-refractivity contribution is -0.131. The van der Waals surface area contributed by atoms with Crippen LogP contribution in [-0.2, 0) is 25.7 Å². The van der Waals surface area contributed by atoms with E-state index < -0.39 is 11.3 Å². The number of aromatic hydroxyl groups is 1. The van der Waals surface area contributed by atoms with Gasteiger partial charge in [-0.2, -0.15) is 5.26 Å². The summed E-state index contributed by atoms with van der Waals surface area (Å²) >= 11 is 0. The summed E-state index contributed by atoms with van der Waals surface area (Å²) in [5.41, 5.74) is 1.15. The summed E-state index contributed by atoms with van der Waals surface area (Å²) in [7, 11) is 1.70. The maximum atomic E-state index is 12.0. The van der Waals surface area contributed by atoms with Crippen molar-refractivity contribution in [3.63, 3.8) is 0 Å². The number of carbonyl (C=O) groups is 3. The van der Waals surface area contributed by atoms with Gasteiger partial charge in [0.25, 0.3) is 5.91 Å². The number of carbonyl (C=O) groups excluding carboxylic acids is 3. The number of amides is 3. The second-order valence-electron chi connectivity index (χ2n) is 8.72. The van der Waals surface area contributed by atoms with Gasteiger partial charge in [-0.25, -0.2) is 0 Å². The lowest BCUT2D eigenvalue weighted by Gasteiger charge is -2.17. The predicted octanol–water partition coefficient (Wildman–Crippen LogP) is 2.53. The van der Waals surface area contributed by atoms with E-state index in [1.165, 1.54) is 23.8 Å². The topological polar surface area (TPSA) is 141 Å². The fourth-order valence-electron chi connectivity index (χ4n) is 2.59. The molecule has 9 heteroatoms. The minimum absolute atomic E-state index is 0.0875. The van der Waals surface area contributed by atoms with Gasteiger partial charge >= 0.3 is 0 Å². The molecule has 0 aliphatic heterocycles. The Labute approximate surface area is 212 Å². The second-order valence-corrected chi connectivity index (χ2v) is 8.72. The normalized spacial score (nSPS) is 10.8. The van der Waals surface area contributed by atoms with Crippen LogP contribution >= 0.6 is 0 Å². The van der Waals surface area contributed by atoms with Crippen LogP contribution in [0.15, 0.2) is 60.2 Å². The third-order valence-corrected chi connectivity index (χ3v) is 4.55. The molecule has 2 aromatic carbocycles. The predicted molar refractivity (Wildman–Crippen MR) is 137 cm³/mol. The number of hydrogen-bond donors (Lipinski definition) is 4. The monoisotopic (exact) mass is 494 g/mol. The molecule has 4 N–H and O–H groups in total. The summed E-state index contributed by atoms with van der Waals surface area (Å²) in [6.07, 6.45) is 1.40. The van der Waals surface area contributed by atoms with Gasteiger partial charge in [0.05, 0.1) is 13.2 Å². The zero-order chi connectivity index (χ0) is 27.0. The summed E-state index contributed by atoms with van der Waals surface area (Å²) in [4.78, 5) is 35.3. The van der Waals surface area contributed by atoms with Gasteiger partial charge in [0.1, 0.15) is 17.4 Å².